The van der Waals surface area contributed by atoms with Crippen molar-refractivity contribution in [3.05, 3.63) is 89.1 Å². The van der Waals surface area contributed by atoms with Crippen molar-refractivity contribution in [1.29, 1.82) is 5.26 Å². The summed E-state index contributed by atoms with van der Waals surface area (Å²) in [4.78, 5) is 7.27. The van der Waals surface area contributed by atoms with E-state index < -0.39 is 0 Å². The second-order valence-electron chi connectivity index (χ2n) is 6.03. The van der Waals surface area contributed by atoms with E-state index in [1.807, 2.05) is 12.1 Å². The Morgan fingerprint density at radius 2 is 2.00 bits per heavy atom. The number of H-pyrrole nitrogens is 1. The van der Waals surface area contributed by atoms with Crippen LogP contribution in [0.1, 0.15) is 11.1 Å². The molecule has 0 saturated heterocycles. The minimum absolute atomic E-state index is 0.341. The largest absolute Gasteiger partial charge is 0.457 e. The maximum Gasteiger partial charge on any atom is 0.137 e. The van der Waals surface area contributed by atoms with E-state index in [2.05, 4.69) is 16.0 Å². The number of allylic oxidation sites excluding steroid dienone is 1. The van der Waals surface area contributed by atoms with E-state index in [4.69, 9.17) is 16.3 Å². The smallest absolute Gasteiger partial charge is 0.137 e. The predicted molar refractivity (Wildman–Crippen MR) is 108 cm³/mol. The molecule has 0 aliphatic carbocycles. The average Bonchev–Trinajstić information content (AvgIpc) is 3.12. The van der Waals surface area contributed by atoms with Crippen molar-refractivity contribution >= 4 is 34.2 Å². The van der Waals surface area contributed by atoms with Crippen LogP contribution in [-0.2, 0) is 0 Å². The Hall–Kier alpha value is -3.62. The molecule has 0 atom stereocenters. The Morgan fingerprint density at radius 3 is 2.79 bits per heavy atom. The molecule has 4 rings (SSSR count). The third-order valence-corrected chi connectivity index (χ3v) is 4.44. The number of ether oxygens (including phenoxy) is 1. The van der Waals surface area contributed by atoms with Crippen LogP contribution in [0.3, 0.4) is 0 Å². The Morgan fingerprint density at radius 1 is 1.18 bits per heavy atom. The standard InChI is InChI=1S/C22H13ClFN3O/c23-16-1-6-21-19(10-16)20(13-27-21)14(11-25)9-15-12-26-8-7-22(15)28-18-4-2-17(24)3-5-18/h1-10,12-13,27H/b14-9+. The van der Waals surface area contributed by atoms with E-state index in [0.717, 1.165) is 16.5 Å². The number of pyridine rings is 1. The van der Waals surface area contributed by atoms with Crippen molar-refractivity contribution in [2.24, 2.45) is 0 Å². The van der Waals surface area contributed by atoms with Crippen LogP contribution in [0.2, 0.25) is 5.02 Å². The van der Waals surface area contributed by atoms with Crippen molar-refractivity contribution in [2.75, 3.05) is 0 Å². The van der Waals surface area contributed by atoms with E-state index in [1.165, 1.54) is 24.3 Å². The van der Waals surface area contributed by atoms with Gasteiger partial charge in [-0.15, -0.1) is 0 Å². The number of nitrogens with one attached hydrogen (secondary N) is 1. The highest BCUT2D eigenvalue weighted by Gasteiger charge is 2.11. The van der Waals surface area contributed by atoms with Crippen LogP contribution >= 0.6 is 11.6 Å². The fourth-order valence-corrected chi connectivity index (χ4v) is 3.04. The topological polar surface area (TPSA) is 61.7 Å². The number of aromatic amines is 1. The van der Waals surface area contributed by atoms with Crippen molar-refractivity contribution in [3.63, 3.8) is 0 Å². The first-order chi connectivity index (χ1) is 13.6. The molecule has 2 aromatic carbocycles. The number of fused-ring (bicyclic) bond motifs is 1. The lowest BCUT2D eigenvalue weighted by Crippen LogP contribution is -1.90. The summed E-state index contributed by atoms with van der Waals surface area (Å²) in [5.74, 6) is 0.652. The molecule has 0 saturated carbocycles. The Labute approximate surface area is 165 Å². The molecule has 0 bridgehead atoms. The molecule has 4 nitrogen and oxygen atoms in total. The molecule has 1 N–H and O–H groups in total. The minimum atomic E-state index is -0.341. The molecule has 28 heavy (non-hydrogen) atoms. The summed E-state index contributed by atoms with van der Waals surface area (Å²) < 4.78 is 19.0. The summed E-state index contributed by atoms with van der Waals surface area (Å²) in [6, 6.07) is 15.1. The average molecular weight is 390 g/mol. The van der Waals surface area contributed by atoms with Crippen molar-refractivity contribution in [3.8, 4) is 17.6 Å². The van der Waals surface area contributed by atoms with E-state index in [1.54, 1.807) is 36.8 Å². The molecule has 0 unspecified atom stereocenters. The molecule has 0 spiro atoms. The van der Waals surface area contributed by atoms with E-state index >= 15 is 0 Å². The van der Waals surface area contributed by atoms with Crippen molar-refractivity contribution in [2.45, 2.75) is 0 Å². The first-order valence-corrected chi connectivity index (χ1v) is 8.78. The van der Waals surface area contributed by atoms with Gasteiger partial charge in [0.2, 0.25) is 0 Å². The van der Waals surface area contributed by atoms with E-state index in [9.17, 15) is 9.65 Å². The number of hydrogen-bond acceptors (Lipinski definition) is 3. The fraction of sp³-hybridized carbons (Fsp3) is 0. The van der Waals surface area contributed by atoms with Crippen LogP contribution in [0, 0.1) is 17.1 Å². The summed E-state index contributed by atoms with van der Waals surface area (Å²) in [5.41, 5.74) is 2.68. The van der Waals surface area contributed by atoms with E-state index in [0.29, 0.717) is 27.7 Å². The van der Waals surface area contributed by atoms with E-state index in [-0.39, 0.29) is 5.82 Å². The molecule has 0 fully saturated rings. The van der Waals surface area contributed by atoms with Crippen LogP contribution in [0.5, 0.6) is 11.5 Å². The van der Waals surface area contributed by atoms with Gasteiger partial charge in [-0.25, -0.2) is 4.39 Å². The summed E-state index contributed by atoms with van der Waals surface area (Å²) >= 11 is 6.11. The maximum atomic E-state index is 13.1. The molecule has 2 aromatic heterocycles. The molecule has 136 valence electrons. The van der Waals surface area contributed by atoms with Crippen LogP contribution < -0.4 is 4.74 Å². The lowest BCUT2D eigenvalue weighted by molar-refractivity contribution is 0.478. The number of hydrogen-bond donors (Lipinski definition) is 1. The predicted octanol–water partition coefficient (Wildman–Crippen LogP) is 6.21. The SMILES string of the molecule is N#C/C(=C\c1cnccc1Oc1ccc(F)cc1)c1c[nH]c2ccc(Cl)cc12. The lowest BCUT2D eigenvalue weighted by Gasteiger charge is -2.09. The molecule has 0 aliphatic rings. The van der Waals surface area contributed by atoms with Gasteiger partial charge in [-0.1, -0.05) is 11.6 Å². The third kappa shape index (κ3) is 3.59. The second-order valence-corrected chi connectivity index (χ2v) is 6.47. The molecule has 0 aliphatic heterocycles. The summed E-state index contributed by atoms with van der Waals surface area (Å²) in [7, 11) is 0. The molecule has 0 radical (unpaired) electrons. The molecule has 2 heterocycles. The Bertz CT molecular complexity index is 1220. The monoisotopic (exact) mass is 389 g/mol. The van der Waals surface area contributed by atoms with Crippen LogP contribution in [-0.4, -0.2) is 9.97 Å². The van der Waals surface area contributed by atoms with Gasteiger partial charge in [0.1, 0.15) is 17.3 Å². The van der Waals surface area contributed by atoms with Gasteiger partial charge in [0.05, 0.1) is 11.6 Å². The zero-order chi connectivity index (χ0) is 19.5. The van der Waals surface area contributed by atoms with Gasteiger partial charge in [-0.2, -0.15) is 5.26 Å². The molecular formula is C22H13ClFN3O. The van der Waals surface area contributed by atoms with Gasteiger partial charge >= 0.3 is 0 Å². The third-order valence-electron chi connectivity index (χ3n) is 4.21. The van der Waals surface area contributed by atoms with Gasteiger partial charge < -0.3 is 9.72 Å². The zero-order valence-electron chi connectivity index (χ0n) is 14.5. The van der Waals surface area contributed by atoms with Crippen molar-refractivity contribution in [1.82, 2.24) is 9.97 Å². The van der Waals surface area contributed by atoms with Gasteiger partial charge in [-0.05, 0) is 54.6 Å². The molecule has 6 heteroatoms. The van der Waals surface area contributed by atoms with Crippen molar-refractivity contribution < 1.29 is 9.13 Å². The Kier molecular flexibility index (Phi) is 4.79. The lowest BCUT2D eigenvalue weighted by atomic mass is 10.0. The first kappa shape index (κ1) is 17.8. The minimum Gasteiger partial charge on any atom is -0.457 e. The first-order valence-electron chi connectivity index (χ1n) is 8.40. The normalized spacial score (nSPS) is 11.4. The van der Waals surface area contributed by atoms with Crippen LogP contribution in [0.4, 0.5) is 4.39 Å². The summed E-state index contributed by atoms with van der Waals surface area (Å²) in [6.45, 7) is 0. The summed E-state index contributed by atoms with van der Waals surface area (Å²) in [5, 5.41) is 11.2. The molecule has 0 amide bonds. The number of halogens is 2. The molecular weight excluding hydrogens is 377 g/mol. The zero-order valence-corrected chi connectivity index (χ0v) is 15.2. The number of nitriles is 1. The van der Waals surface area contributed by atoms with Gasteiger partial charge in [-0.3, -0.25) is 4.98 Å². The van der Waals surface area contributed by atoms with Gasteiger partial charge in [0.25, 0.3) is 0 Å². The highest BCUT2D eigenvalue weighted by atomic mass is 35.5. The highest BCUT2D eigenvalue weighted by molar-refractivity contribution is 6.31. The number of benzene rings is 2. The number of rotatable bonds is 4. The van der Waals surface area contributed by atoms with Crippen LogP contribution in [0.15, 0.2) is 67.1 Å². The van der Waals surface area contributed by atoms with Gasteiger partial charge in [0.15, 0.2) is 0 Å². The van der Waals surface area contributed by atoms with Gasteiger partial charge in [0, 0.05) is 45.6 Å². The quantitative estimate of drug-likeness (QED) is 0.422. The maximum absolute atomic E-state index is 13.1. The second kappa shape index (κ2) is 7.55. The molecule has 4 aromatic rings. The van der Waals surface area contributed by atoms with Crippen LogP contribution in [0.25, 0.3) is 22.6 Å². The number of nitrogens with zero attached hydrogens (tertiary/aromatic N) is 2. The number of aromatic nitrogens is 2. The Balaban J connectivity index is 1.75. The summed E-state index contributed by atoms with van der Waals surface area (Å²) in [6.07, 6.45) is 6.67. The fourth-order valence-electron chi connectivity index (χ4n) is 2.87. The highest BCUT2D eigenvalue weighted by Crippen LogP contribution is 2.31.